The molecule has 1 atom stereocenters. The average Bonchev–Trinajstić information content (AvgIpc) is 3.21. The fourth-order valence-electron chi connectivity index (χ4n) is 1.62. The first-order valence-electron chi connectivity index (χ1n) is 6.46. The van der Waals surface area contributed by atoms with Crippen molar-refractivity contribution in [2.75, 3.05) is 0 Å². The van der Waals surface area contributed by atoms with E-state index in [1.165, 1.54) is 6.92 Å². The summed E-state index contributed by atoms with van der Waals surface area (Å²) in [5.74, 6) is -1.24. The molecule has 1 fully saturated rings. The second kappa shape index (κ2) is 5.75. The fraction of sp³-hybridized carbons (Fsp3) is 0.429. The Kier molecular flexibility index (Phi) is 4.20. The Morgan fingerprint density at radius 1 is 1.24 bits per heavy atom. The number of ether oxygens (including phenoxy) is 1. The van der Waals surface area contributed by atoms with Gasteiger partial charge in [-0.15, -0.1) is 0 Å². The van der Waals surface area contributed by atoms with Crippen LogP contribution < -0.4 is 5.32 Å². The van der Waals surface area contributed by atoms with E-state index >= 15 is 0 Å². The molecule has 1 amide bonds. The molecule has 0 aromatic heterocycles. The molecule has 7 heteroatoms. The monoisotopic (exact) mass is 301 g/mol. The zero-order chi connectivity index (χ0) is 15.6. The maximum absolute atomic E-state index is 12.4. The average molecular weight is 301 g/mol. The Labute approximate surface area is 119 Å². The zero-order valence-electron chi connectivity index (χ0n) is 11.2. The second-order valence-corrected chi connectivity index (χ2v) is 4.91. The predicted octanol–water partition coefficient (Wildman–Crippen LogP) is 2.53. The van der Waals surface area contributed by atoms with Gasteiger partial charge in [0.05, 0.1) is 11.1 Å². The Balaban J connectivity index is 1.94. The summed E-state index contributed by atoms with van der Waals surface area (Å²) in [5, 5.41) is 2.67. The summed E-state index contributed by atoms with van der Waals surface area (Å²) in [6.07, 6.45) is -3.63. The summed E-state index contributed by atoms with van der Waals surface area (Å²) in [4.78, 5) is 23.3. The van der Waals surface area contributed by atoms with Crippen molar-refractivity contribution in [3.8, 4) is 0 Å². The third-order valence-electron chi connectivity index (χ3n) is 3.02. The van der Waals surface area contributed by atoms with Gasteiger partial charge in [0, 0.05) is 6.04 Å². The first-order valence-corrected chi connectivity index (χ1v) is 6.46. The van der Waals surface area contributed by atoms with Crippen LogP contribution in [0, 0.1) is 0 Å². The van der Waals surface area contributed by atoms with Crippen molar-refractivity contribution in [3.63, 3.8) is 0 Å². The standard InChI is InChI=1S/C14H14F3NO3/c1-8(12(19)18-11-6-7-11)21-13(20)9-2-4-10(5-3-9)14(15,16)17/h2-5,8,11H,6-7H2,1H3,(H,18,19). The van der Waals surface area contributed by atoms with Gasteiger partial charge in [-0.3, -0.25) is 4.79 Å². The molecular formula is C14H14F3NO3. The lowest BCUT2D eigenvalue weighted by Crippen LogP contribution is -2.37. The molecule has 0 bridgehead atoms. The lowest BCUT2D eigenvalue weighted by molar-refractivity contribution is -0.137. The van der Waals surface area contributed by atoms with E-state index in [9.17, 15) is 22.8 Å². The normalized spacial score (nSPS) is 16.2. The van der Waals surface area contributed by atoms with Gasteiger partial charge in [0.2, 0.25) is 0 Å². The van der Waals surface area contributed by atoms with Gasteiger partial charge in [0.15, 0.2) is 6.10 Å². The molecule has 21 heavy (non-hydrogen) atoms. The van der Waals surface area contributed by atoms with E-state index in [1.807, 2.05) is 0 Å². The Morgan fingerprint density at radius 3 is 2.29 bits per heavy atom. The highest BCUT2D eigenvalue weighted by Crippen LogP contribution is 2.29. The van der Waals surface area contributed by atoms with Crippen molar-refractivity contribution >= 4 is 11.9 Å². The second-order valence-electron chi connectivity index (χ2n) is 4.91. The molecule has 1 aliphatic rings. The Hall–Kier alpha value is -2.05. The van der Waals surface area contributed by atoms with E-state index in [4.69, 9.17) is 4.74 Å². The summed E-state index contributed by atoms with van der Waals surface area (Å²) in [5.41, 5.74) is -0.882. The topological polar surface area (TPSA) is 55.4 Å². The lowest BCUT2D eigenvalue weighted by atomic mass is 10.1. The first-order chi connectivity index (χ1) is 9.77. The maximum Gasteiger partial charge on any atom is 0.416 e. The van der Waals surface area contributed by atoms with Crippen LogP contribution in [-0.2, 0) is 15.7 Å². The van der Waals surface area contributed by atoms with E-state index in [-0.39, 0.29) is 11.6 Å². The molecule has 114 valence electrons. The molecule has 0 spiro atoms. The van der Waals surface area contributed by atoms with Gasteiger partial charge in [0.25, 0.3) is 5.91 Å². The molecule has 1 N–H and O–H groups in total. The van der Waals surface area contributed by atoms with Crippen LogP contribution in [0.1, 0.15) is 35.7 Å². The van der Waals surface area contributed by atoms with Gasteiger partial charge in [-0.2, -0.15) is 13.2 Å². The van der Waals surface area contributed by atoms with E-state index in [0.717, 1.165) is 37.1 Å². The lowest BCUT2D eigenvalue weighted by Gasteiger charge is -2.13. The molecule has 1 aromatic rings. The number of carbonyl (C=O) groups is 2. The van der Waals surface area contributed by atoms with Crippen LogP contribution in [0.4, 0.5) is 13.2 Å². The Bertz CT molecular complexity index is 535. The van der Waals surface area contributed by atoms with Crippen LogP contribution in [-0.4, -0.2) is 24.0 Å². The summed E-state index contributed by atoms with van der Waals surface area (Å²) >= 11 is 0. The highest BCUT2D eigenvalue weighted by Gasteiger charge is 2.31. The van der Waals surface area contributed by atoms with Gasteiger partial charge < -0.3 is 10.1 Å². The number of amides is 1. The molecule has 1 unspecified atom stereocenters. The molecule has 1 saturated carbocycles. The van der Waals surface area contributed by atoms with Gasteiger partial charge >= 0.3 is 12.1 Å². The molecule has 0 radical (unpaired) electrons. The zero-order valence-corrected chi connectivity index (χ0v) is 11.2. The van der Waals surface area contributed by atoms with Crippen LogP contribution in [0.25, 0.3) is 0 Å². The number of esters is 1. The molecule has 0 saturated heterocycles. The Morgan fingerprint density at radius 2 is 1.81 bits per heavy atom. The van der Waals surface area contributed by atoms with Crippen molar-refractivity contribution in [3.05, 3.63) is 35.4 Å². The van der Waals surface area contributed by atoms with Crippen LogP contribution in [0.15, 0.2) is 24.3 Å². The smallest absolute Gasteiger partial charge is 0.416 e. The SMILES string of the molecule is CC(OC(=O)c1ccc(C(F)(F)F)cc1)C(=O)NC1CC1. The predicted molar refractivity (Wildman–Crippen MR) is 67.5 cm³/mol. The highest BCUT2D eigenvalue weighted by molar-refractivity contribution is 5.92. The van der Waals surface area contributed by atoms with Gasteiger partial charge in [0.1, 0.15) is 0 Å². The number of hydrogen-bond donors (Lipinski definition) is 1. The van der Waals surface area contributed by atoms with Gasteiger partial charge in [-0.1, -0.05) is 0 Å². The molecular weight excluding hydrogens is 287 g/mol. The number of nitrogens with one attached hydrogen (secondary N) is 1. The maximum atomic E-state index is 12.4. The molecule has 0 aliphatic heterocycles. The highest BCUT2D eigenvalue weighted by atomic mass is 19.4. The number of alkyl halides is 3. The summed E-state index contributed by atoms with van der Waals surface area (Å²) in [7, 11) is 0. The largest absolute Gasteiger partial charge is 0.449 e. The van der Waals surface area contributed by atoms with Crippen molar-refractivity contribution in [2.24, 2.45) is 0 Å². The van der Waals surface area contributed by atoms with Gasteiger partial charge in [-0.05, 0) is 44.0 Å². The summed E-state index contributed by atoms with van der Waals surface area (Å²) in [6.45, 7) is 1.42. The quantitative estimate of drug-likeness (QED) is 0.870. The summed E-state index contributed by atoms with van der Waals surface area (Å²) in [6, 6.07) is 3.79. The molecule has 1 aliphatic carbocycles. The van der Waals surface area contributed by atoms with Crippen molar-refractivity contribution in [1.29, 1.82) is 0 Å². The van der Waals surface area contributed by atoms with E-state index in [1.54, 1.807) is 0 Å². The molecule has 4 nitrogen and oxygen atoms in total. The van der Waals surface area contributed by atoms with Crippen LogP contribution >= 0.6 is 0 Å². The number of rotatable bonds is 4. The first kappa shape index (κ1) is 15.3. The van der Waals surface area contributed by atoms with Crippen molar-refractivity contribution in [2.45, 2.75) is 38.1 Å². The van der Waals surface area contributed by atoms with Gasteiger partial charge in [-0.25, -0.2) is 4.79 Å². The van der Waals surface area contributed by atoms with Crippen LogP contribution in [0.3, 0.4) is 0 Å². The van der Waals surface area contributed by atoms with Crippen LogP contribution in [0.2, 0.25) is 0 Å². The minimum Gasteiger partial charge on any atom is -0.449 e. The third-order valence-corrected chi connectivity index (χ3v) is 3.02. The van der Waals surface area contributed by atoms with E-state index in [2.05, 4.69) is 5.32 Å². The van der Waals surface area contributed by atoms with Crippen LogP contribution in [0.5, 0.6) is 0 Å². The fourth-order valence-corrected chi connectivity index (χ4v) is 1.62. The van der Waals surface area contributed by atoms with Crippen molar-refractivity contribution < 1.29 is 27.5 Å². The minimum absolute atomic E-state index is 0.0333. The number of hydrogen-bond acceptors (Lipinski definition) is 3. The van der Waals surface area contributed by atoms with E-state index in [0.29, 0.717) is 0 Å². The number of benzene rings is 1. The number of carbonyl (C=O) groups excluding carboxylic acids is 2. The molecule has 1 aromatic carbocycles. The molecule has 2 rings (SSSR count). The summed E-state index contributed by atoms with van der Waals surface area (Å²) < 4.78 is 42.1. The third kappa shape index (κ3) is 4.21. The molecule has 0 heterocycles. The number of halogens is 3. The van der Waals surface area contributed by atoms with Crippen molar-refractivity contribution in [1.82, 2.24) is 5.32 Å². The minimum atomic E-state index is -4.46. The van der Waals surface area contributed by atoms with E-state index < -0.39 is 29.7 Å².